The molecule has 0 bridgehead atoms. The molecule has 0 radical (unpaired) electrons. The standard InChI is InChI=1S/C24H21FN8O/c25-19-18-17(32-33-21(18)23-30-16-7-4-8-27-22(16)31-23)12-28-20(19)14-9-15(11-26-10-14)29-24(34)13-5-2-1-3-6-13/h4,7-13H,1-3,5-6H2,(H,29,34)(H,32,33)(H,27,30,31). The van der Waals surface area contributed by atoms with E-state index in [1.165, 1.54) is 18.8 Å². The smallest absolute Gasteiger partial charge is 0.227 e. The number of amides is 1. The average Bonchev–Trinajstić information content (AvgIpc) is 3.49. The Kier molecular flexibility index (Phi) is 4.97. The van der Waals surface area contributed by atoms with E-state index >= 15 is 4.39 Å². The number of fused-ring (bicyclic) bond motifs is 2. The summed E-state index contributed by atoms with van der Waals surface area (Å²) in [4.78, 5) is 32.9. The van der Waals surface area contributed by atoms with Gasteiger partial charge >= 0.3 is 0 Å². The van der Waals surface area contributed by atoms with Crippen molar-refractivity contribution in [3.8, 4) is 22.8 Å². The Hall–Kier alpha value is -4.21. The summed E-state index contributed by atoms with van der Waals surface area (Å²) in [5.74, 6) is -0.150. The largest absolute Gasteiger partial charge is 0.335 e. The molecule has 1 aliphatic carbocycles. The predicted octanol–water partition coefficient (Wildman–Crippen LogP) is 4.62. The summed E-state index contributed by atoms with van der Waals surface area (Å²) < 4.78 is 15.8. The molecule has 9 nitrogen and oxygen atoms in total. The maximum Gasteiger partial charge on any atom is 0.227 e. The lowest BCUT2D eigenvalue weighted by Gasteiger charge is -2.20. The van der Waals surface area contributed by atoms with E-state index in [1.54, 1.807) is 24.5 Å². The minimum atomic E-state index is -0.549. The molecule has 1 amide bonds. The van der Waals surface area contributed by atoms with Gasteiger partial charge in [0.15, 0.2) is 17.3 Å². The van der Waals surface area contributed by atoms with Crippen LogP contribution >= 0.6 is 0 Å². The summed E-state index contributed by atoms with van der Waals surface area (Å²) in [6, 6.07) is 5.33. The van der Waals surface area contributed by atoms with Gasteiger partial charge in [-0.1, -0.05) is 19.3 Å². The number of aromatic nitrogens is 7. The van der Waals surface area contributed by atoms with E-state index in [2.05, 4.69) is 40.4 Å². The number of aromatic amines is 2. The van der Waals surface area contributed by atoms with Crippen molar-refractivity contribution in [2.45, 2.75) is 32.1 Å². The molecule has 10 heteroatoms. The van der Waals surface area contributed by atoms with Crippen molar-refractivity contribution < 1.29 is 9.18 Å². The number of imidazole rings is 1. The summed E-state index contributed by atoms with van der Waals surface area (Å²) in [6.45, 7) is 0. The van der Waals surface area contributed by atoms with Crippen molar-refractivity contribution in [2.24, 2.45) is 5.92 Å². The van der Waals surface area contributed by atoms with Gasteiger partial charge in [0.05, 0.1) is 34.5 Å². The Morgan fingerprint density at radius 3 is 2.79 bits per heavy atom. The Labute approximate surface area is 193 Å². The SMILES string of the molecule is O=C(Nc1cncc(-c2ncc3[nH]nc(-c4nc5ncccc5[nH]4)c3c2F)c1)C1CCCCC1. The maximum absolute atomic E-state index is 15.8. The number of nitrogens with one attached hydrogen (secondary N) is 3. The third-order valence-electron chi connectivity index (χ3n) is 6.28. The Morgan fingerprint density at radius 2 is 1.94 bits per heavy atom. The highest BCUT2D eigenvalue weighted by Crippen LogP contribution is 2.33. The summed E-state index contributed by atoms with van der Waals surface area (Å²) in [7, 11) is 0. The van der Waals surface area contributed by atoms with Crippen molar-refractivity contribution in [1.29, 1.82) is 0 Å². The summed E-state index contributed by atoms with van der Waals surface area (Å²) in [6.07, 6.45) is 11.4. The van der Waals surface area contributed by atoms with Crippen LogP contribution in [0, 0.1) is 11.7 Å². The van der Waals surface area contributed by atoms with Gasteiger partial charge in [-0.2, -0.15) is 5.10 Å². The third kappa shape index (κ3) is 3.57. The van der Waals surface area contributed by atoms with Gasteiger partial charge in [0.2, 0.25) is 5.91 Å². The van der Waals surface area contributed by atoms with Crippen LogP contribution < -0.4 is 5.32 Å². The van der Waals surface area contributed by atoms with Gasteiger partial charge in [-0.3, -0.25) is 19.9 Å². The van der Waals surface area contributed by atoms with Gasteiger partial charge in [0, 0.05) is 23.9 Å². The number of nitrogens with zero attached hydrogens (tertiary/aromatic N) is 5. The fourth-order valence-corrected chi connectivity index (χ4v) is 4.55. The van der Waals surface area contributed by atoms with Crippen LogP contribution in [0.2, 0.25) is 0 Å². The molecule has 0 aliphatic heterocycles. The number of hydrogen-bond donors (Lipinski definition) is 3. The quantitative estimate of drug-likeness (QED) is 0.362. The van der Waals surface area contributed by atoms with Crippen LogP contribution in [0.1, 0.15) is 32.1 Å². The molecule has 0 unspecified atom stereocenters. The molecule has 3 N–H and O–H groups in total. The van der Waals surface area contributed by atoms with Crippen LogP contribution in [0.4, 0.5) is 10.1 Å². The normalized spacial score (nSPS) is 14.6. The molecule has 0 aromatic carbocycles. The molecule has 1 aliphatic rings. The highest BCUT2D eigenvalue weighted by Gasteiger charge is 2.23. The lowest BCUT2D eigenvalue weighted by atomic mass is 9.88. The van der Waals surface area contributed by atoms with Gasteiger partial charge in [0.25, 0.3) is 0 Å². The Bertz CT molecular complexity index is 1490. The van der Waals surface area contributed by atoms with Gasteiger partial charge in [-0.25, -0.2) is 14.4 Å². The highest BCUT2D eigenvalue weighted by molar-refractivity contribution is 5.96. The van der Waals surface area contributed by atoms with Crippen molar-refractivity contribution in [1.82, 2.24) is 35.1 Å². The molecule has 5 aromatic heterocycles. The number of halogens is 1. The van der Waals surface area contributed by atoms with Gasteiger partial charge in [0.1, 0.15) is 11.4 Å². The first kappa shape index (κ1) is 20.4. The average molecular weight is 456 g/mol. The number of carbonyl (C=O) groups is 1. The van der Waals surface area contributed by atoms with E-state index in [-0.39, 0.29) is 22.9 Å². The second-order valence-electron chi connectivity index (χ2n) is 8.53. The number of H-pyrrole nitrogens is 2. The number of rotatable bonds is 4. The molecular weight excluding hydrogens is 435 g/mol. The maximum atomic E-state index is 15.8. The molecule has 0 spiro atoms. The van der Waals surface area contributed by atoms with Crippen LogP contribution in [-0.4, -0.2) is 41.0 Å². The lowest BCUT2D eigenvalue weighted by molar-refractivity contribution is -0.120. The van der Waals surface area contributed by atoms with Gasteiger partial charge in [-0.05, 0) is 31.0 Å². The monoisotopic (exact) mass is 456 g/mol. The van der Waals surface area contributed by atoms with Gasteiger partial charge in [-0.15, -0.1) is 0 Å². The minimum Gasteiger partial charge on any atom is -0.335 e. The van der Waals surface area contributed by atoms with Crippen LogP contribution in [0.5, 0.6) is 0 Å². The van der Waals surface area contributed by atoms with E-state index < -0.39 is 5.82 Å². The molecule has 6 rings (SSSR count). The van der Waals surface area contributed by atoms with E-state index in [0.29, 0.717) is 33.9 Å². The molecule has 0 saturated heterocycles. The topological polar surface area (TPSA) is 125 Å². The molecule has 1 saturated carbocycles. The Balaban J connectivity index is 1.36. The Morgan fingerprint density at radius 1 is 1.06 bits per heavy atom. The first-order chi connectivity index (χ1) is 16.7. The van der Waals surface area contributed by atoms with Crippen LogP contribution in [0.15, 0.2) is 43.0 Å². The zero-order valence-electron chi connectivity index (χ0n) is 18.2. The molecule has 34 heavy (non-hydrogen) atoms. The zero-order valence-corrected chi connectivity index (χ0v) is 18.2. The second kappa shape index (κ2) is 8.29. The van der Waals surface area contributed by atoms with E-state index in [0.717, 1.165) is 31.2 Å². The molecule has 170 valence electrons. The highest BCUT2D eigenvalue weighted by atomic mass is 19.1. The van der Waals surface area contributed by atoms with Crippen LogP contribution in [-0.2, 0) is 4.79 Å². The van der Waals surface area contributed by atoms with Crippen molar-refractivity contribution in [2.75, 3.05) is 5.32 Å². The predicted molar refractivity (Wildman–Crippen MR) is 125 cm³/mol. The minimum absolute atomic E-state index is 0.00963. The van der Waals surface area contributed by atoms with Gasteiger partial charge < -0.3 is 10.3 Å². The fraction of sp³-hybridized carbons (Fsp3) is 0.250. The van der Waals surface area contributed by atoms with Crippen LogP contribution in [0.25, 0.3) is 44.8 Å². The van der Waals surface area contributed by atoms with E-state index in [4.69, 9.17) is 0 Å². The number of pyridine rings is 3. The van der Waals surface area contributed by atoms with E-state index in [1.807, 2.05) is 6.07 Å². The summed E-state index contributed by atoms with van der Waals surface area (Å²) in [5.41, 5.74) is 3.13. The molecule has 5 aromatic rings. The zero-order chi connectivity index (χ0) is 23.1. The van der Waals surface area contributed by atoms with Crippen molar-refractivity contribution >= 4 is 33.7 Å². The molecule has 0 atom stereocenters. The summed E-state index contributed by atoms with van der Waals surface area (Å²) in [5, 5.41) is 10.3. The van der Waals surface area contributed by atoms with Crippen molar-refractivity contribution in [3.05, 3.63) is 48.8 Å². The van der Waals surface area contributed by atoms with Crippen molar-refractivity contribution in [3.63, 3.8) is 0 Å². The molecular formula is C24H21FN8O. The first-order valence-corrected chi connectivity index (χ1v) is 11.3. The van der Waals surface area contributed by atoms with E-state index in [9.17, 15) is 4.79 Å². The first-order valence-electron chi connectivity index (χ1n) is 11.3. The fourth-order valence-electron chi connectivity index (χ4n) is 4.55. The molecule has 1 fully saturated rings. The van der Waals surface area contributed by atoms with Crippen LogP contribution in [0.3, 0.4) is 0 Å². The second-order valence-corrected chi connectivity index (χ2v) is 8.53. The number of anilines is 1. The molecule has 5 heterocycles. The number of hydrogen-bond acceptors (Lipinski definition) is 6. The lowest BCUT2D eigenvalue weighted by Crippen LogP contribution is -2.24. The summed E-state index contributed by atoms with van der Waals surface area (Å²) >= 11 is 0. The third-order valence-corrected chi connectivity index (χ3v) is 6.28. The number of carbonyl (C=O) groups excluding carboxylic acids is 1.